The quantitative estimate of drug-likeness (QED) is 0.476. The van der Waals surface area contributed by atoms with Gasteiger partial charge in [-0.25, -0.2) is 8.42 Å². The molecule has 0 fully saturated rings. The van der Waals surface area contributed by atoms with Crippen LogP contribution >= 0.6 is 0 Å². The number of aromatic nitrogens is 1. The standard InChI is InChI=1S/C9H13FN.CHF3O3S/c1-3-8-6-5-7-9(4-2)11(8)10;2-1(3,4)8(5,6)7/h5-7H,3-4H2,1-2H3;(H,5,6,7)/q+1;/p-1. The van der Waals surface area contributed by atoms with Gasteiger partial charge in [0.1, 0.15) is 0 Å². The monoisotopic (exact) mass is 303 g/mol. The fraction of sp³-hybridized carbons (Fsp3) is 0.500. The number of hydrogen-bond acceptors (Lipinski definition) is 3. The first-order valence-corrected chi connectivity index (χ1v) is 6.66. The highest BCUT2D eigenvalue weighted by Crippen LogP contribution is 2.20. The van der Waals surface area contributed by atoms with E-state index in [4.69, 9.17) is 13.0 Å². The maximum Gasteiger partial charge on any atom is 0.485 e. The van der Waals surface area contributed by atoms with Crippen molar-refractivity contribution in [2.75, 3.05) is 0 Å². The van der Waals surface area contributed by atoms with Crippen LogP contribution in [-0.2, 0) is 23.0 Å². The molecule has 0 amide bonds. The summed E-state index contributed by atoms with van der Waals surface area (Å²) < 4.78 is 72.1. The van der Waals surface area contributed by atoms with Crippen molar-refractivity contribution in [1.82, 2.24) is 0 Å². The summed E-state index contributed by atoms with van der Waals surface area (Å²) in [7, 11) is -6.09. The van der Waals surface area contributed by atoms with E-state index in [1.807, 2.05) is 19.9 Å². The minimum Gasteiger partial charge on any atom is -0.741 e. The number of aryl methyl sites for hydroxylation is 2. The molecule has 9 heteroatoms. The summed E-state index contributed by atoms with van der Waals surface area (Å²) in [5.41, 5.74) is -4.17. The van der Waals surface area contributed by atoms with Crippen LogP contribution in [0.4, 0.5) is 17.7 Å². The fourth-order valence-electron chi connectivity index (χ4n) is 1.10. The third-order valence-corrected chi connectivity index (χ3v) is 2.66. The number of rotatable bonds is 2. The molecule has 1 heterocycles. The van der Waals surface area contributed by atoms with Crippen LogP contribution in [0.3, 0.4) is 0 Å². The summed E-state index contributed by atoms with van der Waals surface area (Å²) >= 11 is 0. The molecule has 0 aliphatic heterocycles. The van der Waals surface area contributed by atoms with Gasteiger partial charge in [0.05, 0.1) is 4.48 Å². The van der Waals surface area contributed by atoms with Crippen LogP contribution in [0.15, 0.2) is 18.2 Å². The van der Waals surface area contributed by atoms with Gasteiger partial charge >= 0.3 is 5.51 Å². The van der Waals surface area contributed by atoms with Crippen molar-refractivity contribution in [3.8, 4) is 0 Å². The Hall–Kier alpha value is -1.22. The zero-order chi connectivity index (χ0) is 15.3. The van der Waals surface area contributed by atoms with Crippen LogP contribution in [0.25, 0.3) is 0 Å². The zero-order valence-electron chi connectivity index (χ0n) is 10.2. The lowest BCUT2D eigenvalue weighted by Gasteiger charge is -2.08. The summed E-state index contributed by atoms with van der Waals surface area (Å²) in [4.78, 5) is 0.778. The molecular formula is C10H13F4NO3S. The van der Waals surface area contributed by atoms with Crippen molar-refractivity contribution in [2.24, 2.45) is 0 Å². The Morgan fingerprint density at radius 2 is 1.47 bits per heavy atom. The first kappa shape index (κ1) is 17.8. The Labute approximate surface area is 108 Å². The van der Waals surface area contributed by atoms with E-state index < -0.39 is 15.6 Å². The molecule has 0 unspecified atom stereocenters. The minimum atomic E-state index is -6.09. The third kappa shape index (κ3) is 5.52. The average molecular weight is 303 g/mol. The molecule has 1 rings (SSSR count). The van der Waals surface area contributed by atoms with E-state index in [2.05, 4.69) is 0 Å². The first-order chi connectivity index (χ1) is 8.54. The largest absolute Gasteiger partial charge is 0.741 e. The third-order valence-electron chi connectivity index (χ3n) is 2.09. The zero-order valence-corrected chi connectivity index (χ0v) is 11.1. The van der Waals surface area contributed by atoms with E-state index in [0.29, 0.717) is 0 Å². The molecule has 4 nitrogen and oxygen atoms in total. The summed E-state index contributed by atoms with van der Waals surface area (Å²) in [6, 6.07) is 5.51. The van der Waals surface area contributed by atoms with Crippen LogP contribution in [0.5, 0.6) is 0 Å². The van der Waals surface area contributed by atoms with Gasteiger partial charge in [0.2, 0.25) is 11.4 Å². The van der Waals surface area contributed by atoms with E-state index in [9.17, 15) is 17.7 Å². The van der Waals surface area contributed by atoms with E-state index in [-0.39, 0.29) is 0 Å². The summed E-state index contributed by atoms with van der Waals surface area (Å²) in [5, 5.41) is 0. The summed E-state index contributed by atoms with van der Waals surface area (Å²) in [6.07, 6.45) is 1.48. The Morgan fingerprint density at radius 3 is 1.68 bits per heavy atom. The smallest absolute Gasteiger partial charge is 0.485 e. The lowest BCUT2D eigenvalue weighted by Crippen LogP contribution is -2.32. The van der Waals surface area contributed by atoms with Gasteiger partial charge in [-0.05, 0) is 6.07 Å². The van der Waals surface area contributed by atoms with Gasteiger partial charge in [-0.3, -0.25) is 0 Å². The van der Waals surface area contributed by atoms with Gasteiger partial charge in [-0.15, -0.1) is 0 Å². The molecule has 19 heavy (non-hydrogen) atoms. The van der Waals surface area contributed by atoms with E-state index in [1.165, 1.54) is 0 Å². The number of hydrogen-bond donors (Lipinski definition) is 0. The molecule has 0 saturated carbocycles. The van der Waals surface area contributed by atoms with Gasteiger partial charge in [-0.1, -0.05) is 13.8 Å². The van der Waals surface area contributed by atoms with E-state index >= 15 is 0 Å². The molecule has 0 N–H and O–H groups in total. The van der Waals surface area contributed by atoms with Gasteiger partial charge in [0.25, 0.3) is 0 Å². The van der Waals surface area contributed by atoms with Crippen LogP contribution in [0, 0.1) is 0 Å². The van der Waals surface area contributed by atoms with Gasteiger partial charge in [0.15, 0.2) is 10.1 Å². The lowest BCUT2D eigenvalue weighted by atomic mass is 10.2. The second-order valence-corrected chi connectivity index (χ2v) is 4.77. The second kappa shape index (κ2) is 6.80. The summed E-state index contributed by atoms with van der Waals surface area (Å²) in [5.74, 6) is 0. The van der Waals surface area contributed by atoms with Crippen molar-refractivity contribution >= 4 is 10.1 Å². The molecule has 0 aliphatic rings. The SMILES string of the molecule is CCc1cccc(CC)[n+]1F.O=S(=O)([O-])C(F)(F)F. The lowest BCUT2D eigenvalue weighted by molar-refractivity contribution is -0.854. The normalized spacial score (nSPS) is 11.7. The Balaban J connectivity index is 0.000000362. The van der Waals surface area contributed by atoms with Crippen LogP contribution in [0.1, 0.15) is 25.2 Å². The summed E-state index contributed by atoms with van der Waals surface area (Å²) in [6.45, 7) is 3.90. The van der Waals surface area contributed by atoms with Crippen LogP contribution in [-0.4, -0.2) is 18.5 Å². The Kier molecular flexibility index (Phi) is 6.37. The molecule has 0 radical (unpaired) electrons. The fourth-order valence-corrected chi connectivity index (χ4v) is 1.10. The average Bonchev–Trinajstić information content (AvgIpc) is 2.27. The van der Waals surface area contributed by atoms with Gasteiger partial charge in [0, 0.05) is 29.8 Å². The van der Waals surface area contributed by atoms with Crippen molar-refractivity contribution in [3.63, 3.8) is 0 Å². The van der Waals surface area contributed by atoms with Crippen molar-refractivity contribution in [1.29, 1.82) is 0 Å². The molecule has 0 aliphatic carbocycles. The molecule has 0 aromatic carbocycles. The number of pyridine rings is 1. The Morgan fingerprint density at radius 1 is 1.16 bits per heavy atom. The van der Waals surface area contributed by atoms with Gasteiger partial charge < -0.3 is 4.55 Å². The molecule has 0 saturated heterocycles. The van der Waals surface area contributed by atoms with Crippen LogP contribution < -0.4 is 4.79 Å². The highest BCUT2D eigenvalue weighted by molar-refractivity contribution is 7.86. The maximum atomic E-state index is 13.2. The highest BCUT2D eigenvalue weighted by Gasteiger charge is 2.36. The molecule has 1 aromatic rings. The maximum absolute atomic E-state index is 13.2. The van der Waals surface area contributed by atoms with E-state index in [0.717, 1.165) is 29.0 Å². The first-order valence-electron chi connectivity index (χ1n) is 5.25. The molecule has 0 bridgehead atoms. The van der Waals surface area contributed by atoms with E-state index in [1.54, 1.807) is 12.1 Å². The number of nitrogens with zero attached hydrogens (tertiary/aromatic N) is 1. The van der Waals surface area contributed by atoms with Gasteiger partial charge in [-0.2, -0.15) is 13.2 Å². The van der Waals surface area contributed by atoms with Crippen molar-refractivity contribution < 1.29 is 35.4 Å². The van der Waals surface area contributed by atoms with Crippen LogP contribution in [0.2, 0.25) is 0 Å². The number of halogens is 4. The minimum absolute atomic E-state index is 0.740. The molecular weight excluding hydrogens is 290 g/mol. The van der Waals surface area contributed by atoms with Crippen molar-refractivity contribution in [3.05, 3.63) is 29.6 Å². The predicted octanol–water partition coefficient (Wildman–Crippen LogP) is 1.88. The second-order valence-electron chi connectivity index (χ2n) is 3.40. The highest BCUT2D eigenvalue weighted by atomic mass is 32.2. The topological polar surface area (TPSA) is 61.1 Å². The predicted molar refractivity (Wildman–Crippen MR) is 57.7 cm³/mol. The molecule has 0 spiro atoms. The van der Waals surface area contributed by atoms with Crippen molar-refractivity contribution in [2.45, 2.75) is 32.2 Å². The Bertz CT molecular complexity index is 492. The molecule has 1 aromatic heterocycles. The number of alkyl halides is 3. The molecule has 0 atom stereocenters. The molecule has 110 valence electrons.